The number of rotatable bonds is 6. The number of aryl methyl sites for hydroxylation is 1. The molecule has 0 saturated heterocycles. The van der Waals surface area contributed by atoms with Gasteiger partial charge >= 0.3 is 0 Å². The van der Waals surface area contributed by atoms with Crippen molar-refractivity contribution in [3.05, 3.63) is 96.2 Å². The summed E-state index contributed by atoms with van der Waals surface area (Å²) in [5.41, 5.74) is 2.00. The lowest BCUT2D eigenvalue weighted by molar-refractivity contribution is 0.0948. The Labute approximate surface area is 168 Å². The lowest BCUT2D eigenvalue weighted by Gasteiger charge is -2.08. The second-order valence-electron chi connectivity index (χ2n) is 6.43. The molecule has 4 rings (SSSR count). The van der Waals surface area contributed by atoms with Gasteiger partial charge in [-0.2, -0.15) is 0 Å². The van der Waals surface area contributed by atoms with E-state index in [1.165, 1.54) is 6.33 Å². The zero-order valence-electron chi connectivity index (χ0n) is 15.8. The standard InChI is InChI=1S/C23H19N3O3/c1-16-10-11-20(28-16)14-24-23(27)18-7-5-6-17(12-18)21-13-22(26-15-25-21)29-19-8-3-2-4-9-19/h2-13,15H,14H2,1H3,(H,24,27). The molecule has 6 nitrogen and oxygen atoms in total. The Hall–Kier alpha value is -3.93. The molecule has 0 aliphatic carbocycles. The molecule has 2 aromatic carbocycles. The zero-order valence-corrected chi connectivity index (χ0v) is 15.8. The predicted molar refractivity (Wildman–Crippen MR) is 109 cm³/mol. The fourth-order valence-corrected chi connectivity index (χ4v) is 2.83. The number of nitrogens with one attached hydrogen (secondary N) is 1. The Balaban J connectivity index is 1.49. The molecule has 1 amide bonds. The Bertz CT molecular complexity index is 1120. The maximum atomic E-state index is 12.5. The summed E-state index contributed by atoms with van der Waals surface area (Å²) in [6.45, 7) is 2.20. The minimum atomic E-state index is -0.185. The Morgan fingerprint density at radius 1 is 1.00 bits per heavy atom. The summed E-state index contributed by atoms with van der Waals surface area (Å²) in [7, 11) is 0. The molecule has 0 radical (unpaired) electrons. The number of nitrogens with zero attached hydrogens (tertiary/aromatic N) is 2. The molecule has 6 heteroatoms. The first-order chi connectivity index (χ1) is 14.2. The molecular weight excluding hydrogens is 366 g/mol. The van der Waals surface area contributed by atoms with E-state index in [1.807, 2.05) is 61.5 Å². The molecule has 0 saturated carbocycles. The van der Waals surface area contributed by atoms with Crippen LogP contribution < -0.4 is 10.1 Å². The summed E-state index contributed by atoms with van der Waals surface area (Å²) in [4.78, 5) is 21.0. The van der Waals surface area contributed by atoms with Gasteiger partial charge in [0.2, 0.25) is 5.88 Å². The van der Waals surface area contributed by atoms with E-state index < -0.39 is 0 Å². The number of carbonyl (C=O) groups is 1. The first kappa shape index (κ1) is 18.4. The Kier molecular flexibility index (Phi) is 5.33. The van der Waals surface area contributed by atoms with Gasteiger partial charge in [0.15, 0.2) is 0 Å². The molecule has 0 unspecified atom stereocenters. The molecule has 0 bridgehead atoms. The molecular formula is C23H19N3O3. The van der Waals surface area contributed by atoms with Gasteiger partial charge in [0.05, 0.1) is 12.2 Å². The molecule has 4 aromatic rings. The van der Waals surface area contributed by atoms with Crippen molar-refractivity contribution in [2.24, 2.45) is 0 Å². The van der Waals surface area contributed by atoms with Crippen molar-refractivity contribution in [2.75, 3.05) is 0 Å². The number of amides is 1. The lowest BCUT2D eigenvalue weighted by atomic mass is 10.1. The van der Waals surface area contributed by atoms with Crippen molar-refractivity contribution in [1.82, 2.24) is 15.3 Å². The highest BCUT2D eigenvalue weighted by Crippen LogP contribution is 2.24. The van der Waals surface area contributed by atoms with E-state index in [-0.39, 0.29) is 5.91 Å². The van der Waals surface area contributed by atoms with Gasteiger partial charge in [-0.1, -0.05) is 30.3 Å². The van der Waals surface area contributed by atoms with Crippen LogP contribution in [0.1, 0.15) is 21.9 Å². The van der Waals surface area contributed by atoms with Gasteiger partial charge in [-0.15, -0.1) is 0 Å². The molecule has 2 heterocycles. The first-order valence-electron chi connectivity index (χ1n) is 9.16. The molecule has 144 valence electrons. The van der Waals surface area contributed by atoms with Crippen LogP contribution in [0.5, 0.6) is 11.6 Å². The number of ether oxygens (including phenoxy) is 1. The minimum Gasteiger partial charge on any atom is -0.465 e. The van der Waals surface area contributed by atoms with Crippen molar-refractivity contribution in [3.63, 3.8) is 0 Å². The first-order valence-corrected chi connectivity index (χ1v) is 9.16. The third kappa shape index (κ3) is 4.68. The average molecular weight is 385 g/mol. The van der Waals surface area contributed by atoms with E-state index in [2.05, 4.69) is 15.3 Å². The van der Waals surface area contributed by atoms with Crippen LogP contribution in [0.2, 0.25) is 0 Å². The van der Waals surface area contributed by atoms with Crippen molar-refractivity contribution in [1.29, 1.82) is 0 Å². The van der Waals surface area contributed by atoms with Gasteiger partial charge < -0.3 is 14.5 Å². The van der Waals surface area contributed by atoms with Crippen LogP contribution >= 0.6 is 0 Å². The highest BCUT2D eigenvalue weighted by molar-refractivity contribution is 5.95. The van der Waals surface area contributed by atoms with Crippen LogP contribution in [0.4, 0.5) is 0 Å². The van der Waals surface area contributed by atoms with E-state index in [0.29, 0.717) is 35.2 Å². The van der Waals surface area contributed by atoms with Crippen molar-refractivity contribution in [2.45, 2.75) is 13.5 Å². The molecule has 1 N–H and O–H groups in total. The van der Waals surface area contributed by atoms with Crippen molar-refractivity contribution in [3.8, 4) is 22.9 Å². The van der Waals surface area contributed by atoms with Crippen LogP contribution in [0.3, 0.4) is 0 Å². The second-order valence-corrected chi connectivity index (χ2v) is 6.43. The van der Waals surface area contributed by atoms with Crippen LogP contribution in [-0.2, 0) is 6.54 Å². The molecule has 0 fully saturated rings. The van der Waals surface area contributed by atoms with Crippen LogP contribution in [-0.4, -0.2) is 15.9 Å². The quantitative estimate of drug-likeness (QED) is 0.517. The highest BCUT2D eigenvalue weighted by atomic mass is 16.5. The van der Waals surface area contributed by atoms with Crippen molar-refractivity contribution >= 4 is 5.91 Å². The monoisotopic (exact) mass is 385 g/mol. The molecule has 0 atom stereocenters. The second kappa shape index (κ2) is 8.39. The molecule has 29 heavy (non-hydrogen) atoms. The Morgan fingerprint density at radius 2 is 1.86 bits per heavy atom. The topological polar surface area (TPSA) is 77.2 Å². The van der Waals surface area contributed by atoms with Crippen LogP contribution in [0.25, 0.3) is 11.3 Å². The summed E-state index contributed by atoms with van der Waals surface area (Å²) in [5, 5.41) is 2.86. The summed E-state index contributed by atoms with van der Waals surface area (Å²) >= 11 is 0. The highest BCUT2D eigenvalue weighted by Gasteiger charge is 2.10. The van der Waals surface area contributed by atoms with Gasteiger partial charge in [-0.3, -0.25) is 4.79 Å². The van der Waals surface area contributed by atoms with E-state index in [9.17, 15) is 4.79 Å². The number of benzene rings is 2. The third-order valence-electron chi connectivity index (χ3n) is 4.25. The van der Waals surface area contributed by atoms with Gasteiger partial charge in [0.1, 0.15) is 23.6 Å². The Morgan fingerprint density at radius 3 is 2.66 bits per heavy atom. The van der Waals surface area contributed by atoms with E-state index >= 15 is 0 Å². The smallest absolute Gasteiger partial charge is 0.251 e. The summed E-state index contributed by atoms with van der Waals surface area (Å²) < 4.78 is 11.2. The minimum absolute atomic E-state index is 0.185. The largest absolute Gasteiger partial charge is 0.465 e. The van der Waals surface area contributed by atoms with Gasteiger partial charge in [0.25, 0.3) is 5.91 Å². The molecule has 0 aliphatic heterocycles. The van der Waals surface area contributed by atoms with Gasteiger partial charge in [-0.25, -0.2) is 9.97 Å². The summed E-state index contributed by atoms with van der Waals surface area (Å²) in [5.74, 6) is 2.47. The number of furan rings is 1. The molecule has 0 aliphatic rings. The number of aromatic nitrogens is 2. The predicted octanol–water partition coefficient (Wildman–Crippen LogP) is 4.77. The summed E-state index contributed by atoms with van der Waals surface area (Å²) in [6.07, 6.45) is 1.44. The number of hydrogen-bond acceptors (Lipinski definition) is 5. The normalized spacial score (nSPS) is 10.5. The van der Waals surface area contributed by atoms with E-state index in [1.54, 1.807) is 18.2 Å². The third-order valence-corrected chi connectivity index (χ3v) is 4.25. The maximum absolute atomic E-state index is 12.5. The molecule has 0 spiro atoms. The SMILES string of the molecule is Cc1ccc(CNC(=O)c2cccc(-c3cc(Oc4ccccc4)ncn3)c2)o1. The van der Waals surface area contributed by atoms with Gasteiger partial charge in [0, 0.05) is 17.2 Å². The van der Waals surface area contributed by atoms with Crippen LogP contribution in [0, 0.1) is 6.92 Å². The number of para-hydroxylation sites is 1. The lowest BCUT2D eigenvalue weighted by Crippen LogP contribution is -2.22. The summed E-state index contributed by atoms with van der Waals surface area (Å²) in [6, 6.07) is 22.1. The molecule has 2 aromatic heterocycles. The number of carbonyl (C=O) groups excluding carboxylic acids is 1. The fraction of sp³-hybridized carbons (Fsp3) is 0.0870. The number of hydrogen-bond donors (Lipinski definition) is 1. The average Bonchev–Trinajstić information content (AvgIpc) is 3.18. The van der Waals surface area contributed by atoms with E-state index in [0.717, 1.165) is 11.3 Å². The maximum Gasteiger partial charge on any atom is 0.251 e. The van der Waals surface area contributed by atoms with Gasteiger partial charge in [-0.05, 0) is 43.3 Å². The van der Waals surface area contributed by atoms with Crippen LogP contribution in [0.15, 0.2) is 83.5 Å². The zero-order chi connectivity index (χ0) is 20.1. The van der Waals surface area contributed by atoms with E-state index in [4.69, 9.17) is 9.15 Å². The van der Waals surface area contributed by atoms with Crippen molar-refractivity contribution < 1.29 is 13.9 Å². The fourth-order valence-electron chi connectivity index (χ4n) is 2.83.